The molecule has 0 saturated heterocycles. The van der Waals surface area contributed by atoms with Crippen molar-refractivity contribution in [3.63, 3.8) is 0 Å². The molecule has 1 aromatic heterocycles. The van der Waals surface area contributed by atoms with Crippen LogP contribution < -0.4 is 9.62 Å². The molecule has 0 radical (unpaired) electrons. The van der Waals surface area contributed by atoms with Crippen LogP contribution in [0.2, 0.25) is 0 Å². The molecule has 1 amide bonds. The molecule has 0 aliphatic rings. The van der Waals surface area contributed by atoms with Crippen molar-refractivity contribution in [2.75, 3.05) is 4.31 Å². The predicted molar refractivity (Wildman–Crippen MR) is 152 cm³/mol. The topological polar surface area (TPSA) is 84.3 Å². The van der Waals surface area contributed by atoms with Gasteiger partial charge in [-0.05, 0) is 54.4 Å². The molecule has 0 bridgehead atoms. The van der Waals surface area contributed by atoms with Crippen LogP contribution in [-0.4, -0.2) is 23.9 Å². The quantitative estimate of drug-likeness (QED) is 0.269. The monoisotopic (exact) mass is 536 g/mol. The number of carbonyl (C=O) groups excluding carboxylic acids is 1. The number of hydrogen-bond donors (Lipinski definition) is 1. The number of anilines is 1. The van der Waals surface area contributed by atoms with Gasteiger partial charge in [-0.15, -0.1) is 0 Å². The molecular weight excluding hydrogens is 508 g/mol. The summed E-state index contributed by atoms with van der Waals surface area (Å²) in [5, 5.41) is 2.95. The number of aryl methyl sites for hydroxylation is 1. The fourth-order valence-electron chi connectivity index (χ4n) is 4.35. The second-order valence-electron chi connectivity index (χ2n) is 9.02. The number of nitrogens with zero attached hydrogens (tertiary/aromatic N) is 3. The van der Waals surface area contributed by atoms with E-state index in [1.165, 1.54) is 4.31 Å². The third-order valence-corrected chi connectivity index (χ3v) is 8.18. The molecule has 4 aromatic carbocycles. The molecule has 0 atom stereocenters. The summed E-state index contributed by atoms with van der Waals surface area (Å²) < 4.78 is 30.9. The van der Waals surface area contributed by atoms with Crippen molar-refractivity contribution in [3.05, 3.63) is 144 Å². The van der Waals surface area contributed by atoms with Gasteiger partial charge in [0.05, 0.1) is 22.7 Å². The zero-order valence-corrected chi connectivity index (χ0v) is 22.3. The Kier molecular flexibility index (Phi) is 7.56. The van der Waals surface area contributed by atoms with E-state index in [1.807, 2.05) is 72.3 Å². The van der Waals surface area contributed by atoms with Crippen LogP contribution in [0.15, 0.2) is 126 Å². The molecule has 1 heterocycles. The zero-order valence-electron chi connectivity index (χ0n) is 21.4. The smallest absolute Gasteiger partial charge is 0.264 e. The SMILES string of the molecule is Cc1nccn1-c1ccc(CNC(=O)c2ccccc2N(Cc2ccccc2)S(=O)(=O)c2ccccc2)cc1. The van der Waals surface area contributed by atoms with Crippen molar-refractivity contribution in [3.8, 4) is 5.69 Å². The molecule has 39 heavy (non-hydrogen) atoms. The lowest BCUT2D eigenvalue weighted by Crippen LogP contribution is -2.33. The zero-order chi connectivity index (χ0) is 27.2. The molecule has 0 spiro atoms. The van der Waals surface area contributed by atoms with Crippen LogP contribution in [0.5, 0.6) is 0 Å². The predicted octanol–water partition coefficient (Wildman–Crippen LogP) is 5.51. The highest BCUT2D eigenvalue weighted by Crippen LogP contribution is 2.29. The summed E-state index contributed by atoms with van der Waals surface area (Å²) in [7, 11) is -3.96. The van der Waals surface area contributed by atoms with Crippen molar-refractivity contribution < 1.29 is 13.2 Å². The Labute approximate surface area is 228 Å². The van der Waals surface area contributed by atoms with Gasteiger partial charge in [-0.3, -0.25) is 9.10 Å². The molecule has 8 heteroatoms. The summed E-state index contributed by atoms with van der Waals surface area (Å²) >= 11 is 0. The van der Waals surface area contributed by atoms with Crippen LogP contribution in [0.25, 0.3) is 5.69 Å². The maximum absolute atomic E-state index is 13.8. The maximum Gasteiger partial charge on any atom is 0.264 e. The van der Waals surface area contributed by atoms with Gasteiger partial charge in [-0.25, -0.2) is 13.4 Å². The van der Waals surface area contributed by atoms with Crippen molar-refractivity contribution in [1.29, 1.82) is 0 Å². The second-order valence-corrected chi connectivity index (χ2v) is 10.9. The number of imidazole rings is 1. The summed E-state index contributed by atoms with van der Waals surface area (Å²) in [5.41, 5.74) is 3.29. The molecule has 5 rings (SSSR count). The van der Waals surface area contributed by atoms with Gasteiger partial charge in [0.2, 0.25) is 0 Å². The first-order valence-corrected chi connectivity index (χ1v) is 14.0. The normalized spacial score (nSPS) is 11.2. The van der Waals surface area contributed by atoms with E-state index in [4.69, 9.17) is 0 Å². The van der Waals surface area contributed by atoms with Gasteiger partial charge in [-0.2, -0.15) is 0 Å². The molecule has 1 N–H and O–H groups in total. The van der Waals surface area contributed by atoms with Crippen molar-refractivity contribution >= 4 is 21.6 Å². The number of carbonyl (C=O) groups is 1. The highest BCUT2D eigenvalue weighted by Gasteiger charge is 2.28. The number of sulfonamides is 1. The van der Waals surface area contributed by atoms with E-state index >= 15 is 0 Å². The van der Waals surface area contributed by atoms with Crippen LogP contribution in [0.4, 0.5) is 5.69 Å². The van der Waals surface area contributed by atoms with Gasteiger partial charge in [0.15, 0.2) is 0 Å². The van der Waals surface area contributed by atoms with Gasteiger partial charge in [0.1, 0.15) is 5.82 Å². The minimum Gasteiger partial charge on any atom is -0.348 e. The van der Waals surface area contributed by atoms with E-state index in [0.717, 1.165) is 22.6 Å². The molecular formula is C31H28N4O3S. The Hall–Kier alpha value is -4.69. The number of benzene rings is 4. The van der Waals surface area contributed by atoms with E-state index in [0.29, 0.717) is 12.2 Å². The number of rotatable bonds is 9. The van der Waals surface area contributed by atoms with Crippen LogP contribution in [0, 0.1) is 6.92 Å². The van der Waals surface area contributed by atoms with E-state index in [2.05, 4.69) is 10.3 Å². The third-order valence-electron chi connectivity index (χ3n) is 6.41. The summed E-state index contributed by atoms with van der Waals surface area (Å²) in [6, 6.07) is 32.2. The number of aromatic nitrogens is 2. The van der Waals surface area contributed by atoms with Gasteiger partial charge in [0, 0.05) is 24.6 Å². The Morgan fingerprint density at radius 3 is 2.13 bits per heavy atom. The number of nitrogens with one attached hydrogen (secondary N) is 1. The van der Waals surface area contributed by atoms with Gasteiger partial charge < -0.3 is 9.88 Å². The summed E-state index contributed by atoms with van der Waals surface area (Å²) in [4.78, 5) is 17.8. The minimum atomic E-state index is -3.96. The van der Waals surface area contributed by atoms with E-state index in [-0.39, 0.29) is 22.9 Å². The van der Waals surface area contributed by atoms with E-state index in [9.17, 15) is 13.2 Å². The second kappa shape index (κ2) is 11.4. The summed E-state index contributed by atoms with van der Waals surface area (Å²) in [6.07, 6.45) is 3.65. The van der Waals surface area contributed by atoms with Crippen LogP contribution in [0.3, 0.4) is 0 Å². The maximum atomic E-state index is 13.8. The molecule has 0 aliphatic carbocycles. The van der Waals surface area contributed by atoms with Gasteiger partial charge in [-0.1, -0.05) is 72.8 Å². The first kappa shape index (κ1) is 25.9. The average molecular weight is 537 g/mol. The van der Waals surface area contributed by atoms with Crippen LogP contribution in [-0.2, 0) is 23.1 Å². The minimum absolute atomic E-state index is 0.0808. The molecule has 0 saturated carbocycles. The molecule has 0 unspecified atom stereocenters. The molecule has 0 aliphatic heterocycles. The van der Waals surface area contributed by atoms with Crippen LogP contribution in [0.1, 0.15) is 27.3 Å². The van der Waals surface area contributed by atoms with Gasteiger partial charge >= 0.3 is 0 Å². The fourth-order valence-corrected chi connectivity index (χ4v) is 5.85. The molecule has 0 fully saturated rings. The fraction of sp³-hybridized carbons (Fsp3) is 0.0968. The molecule has 5 aromatic rings. The highest BCUT2D eigenvalue weighted by molar-refractivity contribution is 7.92. The van der Waals surface area contributed by atoms with E-state index < -0.39 is 10.0 Å². The molecule has 196 valence electrons. The first-order valence-electron chi connectivity index (χ1n) is 12.5. The van der Waals surface area contributed by atoms with Crippen LogP contribution >= 0.6 is 0 Å². The van der Waals surface area contributed by atoms with Crippen molar-refractivity contribution in [2.45, 2.75) is 24.9 Å². The molecule has 7 nitrogen and oxygen atoms in total. The lowest BCUT2D eigenvalue weighted by Gasteiger charge is -2.26. The first-order chi connectivity index (χ1) is 18.9. The lowest BCUT2D eigenvalue weighted by atomic mass is 10.1. The number of hydrogen-bond acceptors (Lipinski definition) is 4. The Bertz CT molecular complexity index is 1670. The Morgan fingerprint density at radius 2 is 1.46 bits per heavy atom. The summed E-state index contributed by atoms with van der Waals surface area (Å²) in [6.45, 7) is 2.31. The Balaban J connectivity index is 1.42. The van der Waals surface area contributed by atoms with Gasteiger partial charge in [0.25, 0.3) is 15.9 Å². The number of amides is 1. The van der Waals surface area contributed by atoms with E-state index in [1.54, 1.807) is 60.8 Å². The van der Waals surface area contributed by atoms with Crippen molar-refractivity contribution in [1.82, 2.24) is 14.9 Å². The lowest BCUT2D eigenvalue weighted by molar-refractivity contribution is 0.0951. The standard InChI is InChI=1S/C31H28N4O3S/c1-24-32-20-21-34(24)27-18-16-25(17-19-27)22-33-31(36)29-14-8-9-15-30(29)35(23-26-10-4-2-5-11-26)39(37,38)28-12-6-3-7-13-28/h2-21H,22-23H2,1H3,(H,33,36). The average Bonchev–Trinajstić information content (AvgIpc) is 3.41. The third kappa shape index (κ3) is 5.76. The number of para-hydroxylation sites is 1. The summed E-state index contributed by atoms with van der Waals surface area (Å²) in [5.74, 6) is 0.527. The largest absolute Gasteiger partial charge is 0.348 e. The highest BCUT2D eigenvalue weighted by atomic mass is 32.2. The Morgan fingerprint density at radius 1 is 0.821 bits per heavy atom. The van der Waals surface area contributed by atoms with Crippen molar-refractivity contribution in [2.24, 2.45) is 0 Å².